The minimum absolute atomic E-state index is 0.727. The van der Waals surface area contributed by atoms with Crippen LogP contribution in [0.3, 0.4) is 0 Å². The van der Waals surface area contributed by atoms with Gasteiger partial charge in [0.25, 0.3) is 0 Å². The SMILES string of the molecule is Brc1ccc(-n2ncc(-c3nn4cc(-c5ccccc5)nc4s3)n2)cc1. The lowest BCUT2D eigenvalue weighted by Crippen LogP contribution is -1.98. The molecule has 0 bridgehead atoms. The van der Waals surface area contributed by atoms with Crippen LogP contribution in [0.5, 0.6) is 0 Å². The van der Waals surface area contributed by atoms with E-state index in [2.05, 4.69) is 36.2 Å². The Bertz CT molecular complexity index is 1160. The van der Waals surface area contributed by atoms with E-state index in [9.17, 15) is 0 Å². The quantitative estimate of drug-likeness (QED) is 0.430. The molecule has 5 rings (SSSR count). The van der Waals surface area contributed by atoms with Gasteiger partial charge in [0.15, 0.2) is 5.01 Å². The number of imidazole rings is 1. The largest absolute Gasteiger partial charge is 0.217 e. The van der Waals surface area contributed by atoms with Gasteiger partial charge in [0, 0.05) is 10.0 Å². The monoisotopic (exact) mass is 422 g/mol. The summed E-state index contributed by atoms with van der Waals surface area (Å²) in [6.45, 7) is 0. The number of rotatable bonds is 3. The zero-order chi connectivity index (χ0) is 17.5. The summed E-state index contributed by atoms with van der Waals surface area (Å²) in [7, 11) is 0. The van der Waals surface area contributed by atoms with E-state index in [1.807, 2.05) is 60.8 Å². The zero-order valence-corrected chi connectivity index (χ0v) is 15.7. The minimum atomic E-state index is 0.727. The van der Waals surface area contributed by atoms with Crippen molar-refractivity contribution in [3.63, 3.8) is 0 Å². The Morgan fingerprint density at radius 2 is 1.69 bits per heavy atom. The van der Waals surface area contributed by atoms with E-state index in [-0.39, 0.29) is 0 Å². The number of hydrogen-bond acceptors (Lipinski definition) is 5. The van der Waals surface area contributed by atoms with Crippen LogP contribution in [0.25, 0.3) is 32.6 Å². The van der Waals surface area contributed by atoms with Gasteiger partial charge >= 0.3 is 0 Å². The molecule has 0 aliphatic carbocycles. The smallest absolute Gasteiger partial charge is 0.213 e. The molecule has 0 saturated heterocycles. The van der Waals surface area contributed by atoms with Gasteiger partial charge < -0.3 is 0 Å². The van der Waals surface area contributed by atoms with Crippen LogP contribution in [0.1, 0.15) is 0 Å². The van der Waals surface area contributed by atoms with Crippen molar-refractivity contribution >= 4 is 32.2 Å². The number of nitrogens with zero attached hydrogens (tertiary/aromatic N) is 6. The van der Waals surface area contributed by atoms with Gasteiger partial charge in [-0.25, -0.2) is 9.50 Å². The van der Waals surface area contributed by atoms with Crippen LogP contribution in [0, 0.1) is 0 Å². The zero-order valence-electron chi connectivity index (χ0n) is 13.3. The van der Waals surface area contributed by atoms with Gasteiger partial charge in [-0.2, -0.15) is 15.0 Å². The summed E-state index contributed by atoms with van der Waals surface area (Å²) >= 11 is 4.92. The summed E-state index contributed by atoms with van der Waals surface area (Å²) < 4.78 is 2.81. The first-order valence-electron chi connectivity index (χ1n) is 7.86. The highest BCUT2D eigenvalue weighted by Gasteiger charge is 2.14. The van der Waals surface area contributed by atoms with Gasteiger partial charge in [-0.05, 0) is 24.3 Å². The summed E-state index contributed by atoms with van der Waals surface area (Å²) in [5, 5.41) is 14.3. The average molecular weight is 423 g/mol. The first-order chi connectivity index (χ1) is 12.8. The lowest BCUT2D eigenvalue weighted by atomic mass is 10.2. The lowest BCUT2D eigenvalue weighted by molar-refractivity contribution is 0.753. The fourth-order valence-electron chi connectivity index (χ4n) is 2.61. The van der Waals surface area contributed by atoms with Gasteiger partial charge in [0.05, 0.1) is 23.8 Å². The van der Waals surface area contributed by atoms with Crippen molar-refractivity contribution in [1.82, 2.24) is 29.6 Å². The molecule has 0 saturated carbocycles. The van der Waals surface area contributed by atoms with Crippen LogP contribution in [0.15, 0.2) is 71.5 Å². The third-order valence-electron chi connectivity index (χ3n) is 3.88. The summed E-state index contributed by atoms with van der Waals surface area (Å²) in [5.74, 6) is 0. The maximum atomic E-state index is 4.66. The molecule has 0 unspecified atom stereocenters. The van der Waals surface area contributed by atoms with Crippen molar-refractivity contribution in [3.8, 4) is 27.6 Å². The molecule has 26 heavy (non-hydrogen) atoms. The number of hydrogen-bond donors (Lipinski definition) is 0. The van der Waals surface area contributed by atoms with E-state index in [4.69, 9.17) is 0 Å². The third-order valence-corrected chi connectivity index (χ3v) is 5.35. The predicted octanol–water partition coefficient (Wildman–Crippen LogP) is 4.47. The maximum absolute atomic E-state index is 4.66. The average Bonchev–Trinajstić information content (AvgIpc) is 3.37. The van der Waals surface area contributed by atoms with Crippen molar-refractivity contribution in [2.24, 2.45) is 0 Å². The highest BCUT2D eigenvalue weighted by Crippen LogP contribution is 2.27. The molecule has 0 N–H and O–H groups in total. The molecule has 0 amide bonds. The Morgan fingerprint density at radius 1 is 0.885 bits per heavy atom. The van der Waals surface area contributed by atoms with Gasteiger partial charge in [0.2, 0.25) is 4.96 Å². The molecule has 6 nitrogen and oxygen atoms in total. The Hall–Kier alpha value is -2.84. The summed E-state index contributed by atoms with van der Waals surface area (Å²) in [4.78, 5) is 7.09. The highest BCUT2D eigenvalue weighted by atomic mass is 79.9. The second-order valence-corrected chi connectivity index (χ2v) is 7.49. The highest BCUT2D eigenvalue weighted by molar-refractivity contribution is 9.10. The summed E-state index contributed by atoms with van der Waals surface area (Å²) in [6.07, 6.45) is 3.65. The lowest BCUT2D eigenvalue weighted by Gasteiger charge is -1.98. The topological polar surface area (TPSA) is 60.9 Å². The van der Waals surface area contributed by atoms with Gasteiger partial charge in [0.1, 0.15) is 5.69 Å². The first kappa shape index (κ1) is 15.4. The number of benzene rings is 2. The Kier molecular flexibility index (Phi) is 3.65. The van der Waals surface area contributed by atoms with Gasteiger partial charge in [-0.15, -0.1) is 5.10 Å². The van der Waals surface area contributed by atoms with Gasteiger partial charge in [-0.1, -0.05) is 57.6 Å². The first-order valence-corrected chi connectivity index (χ1v) is 9.47. The van der Waals surface area contributed by atoms with E-state index in [1.54, 1.807) is 15.5 Å². The van der Waals surface area contributed by atoms with Crippen molar-refractivity contribution in [3.05, 3.63) is 71.5 Å². The normalized spacial score (nSPS) is 11.3. The second-order valence-electron chi connectivity index (χ2n) is 5.62. The molecule has 3 aromatic heterocycles. The van der Waals surface area contributed by atoms with Crippen LogP contribution in [-0.4, -0.2) is 29.6 Å². The fourth-order valence-corrected chi connectivity index (χ4v) is 3.71. The molecule has 126 valence electrons. The van der Waals surface area contributed by atoms with Crippen LogP contribution in [-0.2, 0) is 0 Å². The van der Waals surface area contributed by atoms with Crippen molar-refractivity contribution in [2.75, 3.05) is 0 Å². The number of fused-ring (bicyclic) bond motifs is 1. The van der Waals surface area contributed by atoms with E-state index in [0.717, 1.165) is 37.1 Å². The third kappa shape index (κ3) is 2.73. The molecule has 0 atom stereocenters. The molecule has 2 aromatic carbocycles. The van der Waals surface area contributed by atoms with Crippen molar-refractivity contribution in [2.45, 2.75) is 0 Å². The minimum Gasteiger partial charge on any atom is -0.217 e. The molecule has 0 radical (unpaired) electrons. The molecule has 0 fully saturated rings. The standard InChI is InChI=1S/C18H11BrN6S/c19-13-6-8-14(9-7-13)25-20-10-15(22-25)17-23-24-11-16(21-18(24)26-17)12-4-2-1-3-5-12/h1-11H. The van der Waals surface area contributed by atoms with Crippen LogP contribution in [0.4, 0.5) is 0 Å². The van der Waals surface area contributed by atoms with Crippen LogP contribution < -0.4 is 0 Å². The van der Waals surface area contributed by atoms with Crippen LogP contribution in [0.2, 0.25) is 0 Å². The number of halogens is 1. The van der Waals surface area contributed by atoms with E-state index in [0.29, 0.717) is 0 Å². The van der Waals surface area contributed by atoms with Crippen molar-refractivity contribution in [1.29, 1.82) is 0 Å². The number of aromatic nitrogens is 6. The second kappa shape index (κ2) is 6.15. The Balaban J connectivity index is 1.48. The molecular formula is C18H11BrN6S. The predicted molar refractivity (Wildman–Crippen MR) is 104 cm³/mol. The molecule has 0 spiro atoms. The molecule has 3 heterocycles. The fraction of sp³-hybridized carbons (Fsp3) is 0. The molecule has 5 aromatic rings. The summed E-state index contributed by atoms with van der Waals surface area (Å²) in [5.41, 5.74) is 3.61. The Morgan fingerprint density at radius 3 is 2.46 bits per heavy atom. The van der Waals surface area contributed by atoms with E-state index < -0.39 is 0 Å². The van der Waals surface area contributed by atoms with E-state index in [1.165, 1.54) is 11.3 Å². The van der Waals surface area contributed by atoms with Gasteiger partial charge in [-0.3, -0.25) is 0 Å². The Labute approximate surface area is 160 Å². The summed E-state index contributed by atoms with van der Waals surface area (Å²) in [6, 6.07) is 17.9. The molecular weight excluding hydrogens is 412 g/mol. The molecule has 8 heteroatoms. The van der Waals surface area contributed by atoms with Crippen LogP contribution >= 0.6 is 27.3 Å². The van der Waals surface area contributed by atoms with Crippen molar-refractivity contribution < 1.29 is 0 Å². The molecule has 0 aliphatic heterocycles. The van der Waals surface area contributed by atoms with E-state index >= 15 is 0 Å². The molecule has 0 aliphatic rings. The maximum Gasteiger partial charge on any atom is 0.213 e.